The summed E-state index contributed by atoms with van der Waals surface area (Å²) in [4.78, 5) is 24.2. The number of methoxy groups -OCH3 is 1. The van der Waals surface area contributed by atoms with Crippen molar-refractivity contribution in [1.29, 1.82) is 0 Å². The number of rotatable bonds is 5. The van der Waals surface area contributed by atoms with E-state index >= 15 is 0 Å². The number of esters is 1. The van der Waals surface area contributed by atoms with Gasteiger partial charge >= 0.3 is 5.97 Å². The number of ketones is 1. The lowest BCUT2D eigenvalue weighted by molar-refractivity contribution is 0.0476. The molecule has 134 valence electrons. The van der Waals surface area contributed by atoms with Crippen LogP contribution < -0.4 is 4.74 Å². The highest BCUT2D eigenvalue weighted by Crippen LogP contribution is 2.36. The maximum Gasteiger partial charge on any atom is 0.350 e. The maximum absolute atomic E-state index is 13.3. The van der Waals surface area contributed by atoms with Crippen LogP contribution >= 0.6 is 22.9 Å². The van der Waals surface area contributed by atoms with Gasteiger partial charge in [-0.3, -0.25) is 4.79 Å². The Kier molecular flexibility index (Phi) is 5.25. The minimum atomic E-state index is -0.619. The number of ether oxygens (including phenoxy) is 2. The number of thiophene rings is 1. The van der Waals surface area contributed by atoms with E-state index in [1.54, 1.807) is 18.2 Å². The average Bonchev–Trinajstić information content (AvgIpc) is 2.95. The molecule has 0 saturated carbocycles. The molecular formula is C19H14ClFO4S. The first-order valence-corrected chi connectivity index (χ1v) is 8.82. The number of halogens is 2. The van der Waals surface area contributed by atoms with Gasteiger partial charge in [-0.2, -0.15) is 0 Å². The standard InChI is InChI=1S/C19H14ClFO4S/c1-10(22)11-3-6-15(24-2)12(7-11)9-25-19(23)18-17(20)14-5-4-13(21)8-16(14)26-18/h3-8H,9H2,1-2H3. The topological polar surface area (TPSA) is 52.6 Å². The molecule has 1 heterocycles. The van der Waals surface area contributed by atoms with Gasteiger partial charge < -0.3 is 9.47 Å². The maximum atomic E-state index is 13.3. The first-order valence-electron chi connectivity index (χ1n) is 7.63. The Bertz CT molecular complexity index is 1010. The largest absolute Gasteiger partial charge is 0.496 e. The normalized spacial score (nSPS) is 10.8. The number of fused-ring (bicyclic) bond motifs is 1. The van der Waals surface area contributed by atoms with E-state index in [9.17, 15) is 14.0 Å². The Morgan fingerprint density at radius 3 is 2.65 bits per heavy atom. The summed E-state index contributed by atoms with van der Waals surface area (Å²) in [5.41, 5.74) is 1.06. The minimum Gasteiger partial charge on any atom is -0.496 e. The van der Waals surface area contributed by atoms with Crippen LogP contribution in [-0.4, -0.2) is 18.9 Å². The Labute approximate surface area is 158 Å². The lowest BCUT2D eigenvalue weighted by Crippen LogP contribution is -2.06. The van der Waals surface area contributed by atoms with Gasteiger partial charge in [-0.1, -0.05) is 11.6 Å². The van der Waals surface area contributed by atoms with Crippen LogP contribution in [0.2, 0.25) is 5.02 Å². The summed E-state index contributed by atoms with van der Waals surface area (Å²) in [6.07, 6.45) is 0. The van der Waals surface area contributed by atoms with Crippen molar-refractivity contribution in [2.75, 3.05) is 7.11 Å². The van der Waals surface area contributed by atoms with E-state index in [0.29, 0.717) is 27.0 Å². The van der Waals surface area contributed by atoms with Gasteiger partial charge in [-0.05, 0) is 43.3 Å². The summed E-state index contributed by atoms with van der Waals surface area (Å²) in [5, 5.41) is 0.834. The average molecular weight is 393 g/mol. The molecule has 0 aliphatic rings. The molecule has 0 fully saturated rings. The van der Waals surface area contributed by atoms with E-state index in [-0.39, 0.29) is 22.3 Å². The molecule has 0 atom stereocenters. The van der Waals surface area contributed by atoms with Crippen LogP contribution in [0.4, 0.5) is 4.39 Å². The number of hydrogen-bond acceptors (Lipinski definition) is 5. The first kappa shape index (κ1) is 18.4. The molecule has 2 aromatic carbocycles. The summed E-state index contributed by atoms with van der Waals surface area (Å²) < 4.78 is 24.5. The zero-order valence-electron chi connectivity index (χ0n) is 14.0. The number of Topliss-reactive ketones (excluding diaryl/α,β-unsaturated/α-hetero) is 1. The lowest BCUT2D eigenvalue weighted by Gasteiger charge is -2.10. The third-order valence-corrected chi connectivity index (χ3v) is 5.46. The number of carbonyl (C=O) groups is 2. The van der Waals surface area contributed by atoms with Crippen molar-refractivity contribution in [2.24, 2.45) is 0 Å². The van der Waals surface area contributed by atoms with Gasteiger partial charge in [0.15, 0.2) is 5.78 Å². The highest BCUT2D eigenvalue weighted by atomic mass is 35.5. The highest BCUT2D eigenvalue weighted by molar-refractivity contribution is 7.21. The SMILES string of the molecule is COc1ccc(C(C)=O)cc1COC(=O)c1sc2cc(F)ccc2c1Cl. The molecule has 3 aromatic rings. The lowest BCUT2D eigenvalue weighted by atomic mass is 10.1. The zero-order valence-corrected chi connectivity index (χ0v) is 15.5. The van der Waals surface area contributed by atoms with E-state index in [1.807, 2.05) is 0 Å². The van der Waals surface area contributed by atoms with Crippen LogP contribution in [0.25, 0.3) is 10.1 Å². The first-order chi connectivity index (χ1) is 12.4. The van der Waals surface area contributed by atoms with Crippen molar-refractivity contribution in [2.45, 2.75) is 13.5 Å². The molecule has 0 saturated heterocycles. The predicted octanol–water partition coefficient (Wildman–Crippen LogP) is 5.26. The third kappa shape index (κ3) is 3.57. The molecule has 0 bridgehead atoms. The number of carbonyl (C=O) groups excluding carboxylic acids is 2. The minimum absolute atomic E-state index is 0.0813. The van der Waals surface area contributed by atoms with Gasteiger partial charge in [-0.25, -0.2) is 9.18 Å². The van der Waals surface area contributed by atoms with E-state index in [1.165, 1.54) is 32.2 Å². The Hall–Kier alpha value is -2.44. The van der Waals surface area contributed by atoms with Crippen molar-refractivity contribution in [1.82, 2.24) is 0 Å². The van der Waals surface area contributed by atoms with Gasteiger partial charge in [0.1, 0.15) is 23.1 Å². The number of hydrogen-bond donors (Lipinski definition) is 0. The molecule has 0 spiro atoms. The van der Waals surface area contributed by atoms with E-state index < -0.39 is 11.8 Å². The van der Waals surface area contributed by atoms with Gasteiger partial charge in [0.2, 0.25) is 0 Å². The van der Waals surface area contributed by atoms with Crippen LogP contribution in [0.3, 0.4) is 0 Å². The molecule has 0 unspecified atom stereocenters. The molecule has 0 N–H and O–H groups in total. The second-order valence-electron chi connectivity index (χ2n) is 5.54. The monoisotopic (exact) mass is 392 g/mol. The Morgan fingerprint density at radius 1 is 1.19 bits per heavy atom. The molecule has 4 nitrogen and oxygen atoms in total. The van der Waals surface area contributed by atoms with Crippen molar-refractivity contribution in [3.8, 4) is 5.75 Å². The van der Waals surface area contributed by atoms with Crippen molar-refractivity contribution in [3.05, 3.63) is 63.2 Å². The third-order valence-electron chi connectivity index (χ3n) is 3.82. The Balaban J connectivity index is 1.84. The molecule has 7 heteroatoms. The number of benzene rings is 2. The van der Waals surface area contributed by atoms with Gasteiger partial charge in [0, 0.05) is 21.2 Å². The van der Waals surface area contributed by atoms with Crippen LogP contribution in [0.5, 0.6) is 5.75 Å². The molecule has 1 aromatic heterocycles. The van der Waals surface area contributed by atoms with Gasteiger partial charge in [0.05, 0.1) is 12.1 Å². The van der Waals surface area contributed by atoms with Crippen molar-refractivity contribution < 1.29 is 23.5 Å². The molecule has 0 radical (unpaired) electrons. The quantitative estimate of drug-likeness (QED) is 0.439. The second-order valence-corrected chi connectivity index (χ2v) is 6.97. The van der Waals surface area contributed by atoms with E-state index in [4.69, 9.17) is 21.1 Å². The van der Waals surface area contributed by atoms with Crippen LogP contribution in [0.1, 0.15) is 32.5 Å². The molecule has 0 aliphatic carbocycles. The predicted molar refractivity (Wildman–Crippen MR) is 98.9 cm³/mol. The fraction of sp³-hybridized carbons (Fsp3) is 0.158. The fourth-order valence-electron chi connectivity index (χ4n) is 2.49. The summed E-state index contributed by atoms with van der Waals surface area (Å²) in [7, 11) is 1.49. The fourth-order valence-corrected chi connectivity index (χ4v) is 3.92. The molecule has 0 aliphatic heterocycles. The van der Waals surface area contributed by atoms with Crippen LogP contribution in [0, 0.1) is 5.82 Å². The van der Waals surface area contributed by atoms with E-state index in [2.05, 4.69) is 0 Å². The van der Waals surface area contributed by atoms with Crippen LogP contribution in [-0.2, 0) is 11.3 Å². The summed E-state index contributed by atoms with van der Waals surface area (Å²) >= 11 is 7.30. The highest BCUT2D eigenvalue weighted by Gasteiger charge is 2.19. The summed E-state index contributed by atoms with van der Waals surface area (Å²) in [6.45, 7) is 1.37. The summed E-state index contributed by atoms with van der Waals surface area (Å²) in [6, 6.07) is 9.05. The van der Waals surface area contributed by atoms with Gasteiger partial charge in [0.25, 0.3) is 0 Å². The van der Waals surface area contributed by atoms with Crippen molar-refractivity contribution >= 4 is 44.8 Å². The Morgan fingerprint density at radius 2 is 1.96 bits per heavy atom. The van der Waals surface area contributed by atoms with Crippen LogP contribution in [0.15, 0.2) is 36.4 Å². The van der Waals surface area contributed by atoms with Crippen molar-refractivity contribution in [3.63, 3.8) is 0 Å². The zero-order chi connectivity index (χ0) is 18.8. The smallest absolute Gasteiger partial charge is 0.350 e. The molecular weight excluding hydrogens is 379 g/mol. The summed E-state index contributed by atoms with van der Waals surface area (Å²) in [5.74, 6) is -0.616. The molecule has 3 rings (SSSR count). The second kappa shape index (κ2) is 7.43. The molecule has 0 amide bonds. The molecule has 26 heavy (non-hydrogen) atoms. The van der Waals surface area contributed by atoms with Gasteiger partial charge in [-0.15, -0.1) is 11.3 Å². The van der Waals surface area contributed by atoms with E-state index in [0.717, 1.165) is 11.3 Å².